The van der Waals surface area contributed by atoms with Gasteiger partial charge >= 0.3 is 0 Å². The van der Waals surface area contributed by atoms with Crippen LogP contribution in [0.2, 0.25) is 0 Å². The first kappa shape index (κ1) is 9.50. The number of imidazole rings is 1. The van der Waals surface area contributed by atoms with E-state index >= 15 is 0 Å². The molecule has 84 valence electrons. The van der Waals surface area contributed by atoms with Gasteiger partial charge in [-0.2, -0.15) is 0 Å². The highest BCUT2D eigenvalue weighted by atomic mass is 19.3. The van der Waals surface area contributed by atoms with Crippen LogP contribution in [0.15, 0.2) is 24.8 Å². The molecule has 1 aliphatic rings. The van der Waals surface area contributed by atoms with Gasteiger partial charge in [-0.05, 0) is 0 Å². The fourth-order valence-electron chi connectivity index (χ4n) is 1.91. The zero-order valence-electron chi connectivity index (χ0n) is 8.48. The Morgan fingerprint density at radius 2 is 2.19 bits per heavy atom. The van der Waals surface area contributed by atoms with E-state index in [0.717, 1.165) is 5.65 Å². The molecule has 1 aliphatic heterocycles. The monoisotopic (exact) mass is 224 g/mol. The Bertz CT molecular complexity index is 522. The molecule has 0 unspecified atom stereocenters. The van der Waals surface area contributed by atoms with Crippen LogP contribution in [0.4, 0.5) is 14.6 Å². The van der Waals surface area contributed by atoms with E-state index in [1.165, 1.54) is 0 Å². The molecule has 1 fully saturated rings. The Kier molecular flexibility index (Phi) is 1.86. The van der Waals surface area contributed by atoms with E-state index in [2.05, 4.69) is 9.97 Å². The van der Waals surface area contributed by atoms with E-state index < -0.39 is 5.92 Å². The fraction of sp³-hybridized carbons (Fsp3) is 0.400. The van der Waals surface area contributed by atoms with Crippen LogP contribution in [-0.2, 0) is 0 Å². The summed E-state index contributed by atoms with van der Waals surface area (Å²) < 4.78 is 27.9. The lowest BCUT2D eigenvalue weighted by Crippen LogP contribution is -2.25. The molecule has 0 radical (unpaired) electrons. The van der Waals surface area contributed by atoms with Crippen molar-refractivity contribution in [1.82, 2.24) is 14.4 Å². The molecule has 0 spiro atoms. The third kappa shape index (κ3) is 1.50. The lowest BCUT2D eigenvalue weighted by molar-refractivity contribution is 0.0256. The summed E-state index contributed by atoms with van der Waals surface area (Å²) in [6, 6.07) is 0. The van der Waals surface area contributed by atoms with Crippen LogP contribution in [0.25, 0.3) is 5.65 Å². The maximum Gasteiger partial charge on any atom is 0.266 e. The Labute approximate surface area is 90.5 Å². The maximum atomic E-state index is 13.0. The molecular formula is C10H10F2N4. The van der Waals surface area contributed by atoms with Crippen molar-refractivity contribution in [3.05, 3.63) is 24.8 Å². The molecule has 3 heterocycles. The van der Waals surface area contributed by atoms with Crippen molar-refractivity contribution in [2.24, 2.45) is 0 Å². The summed E-state index contributed by atoms with van der Waals surface area (Å²) >= 11 is 0. The van der Waals surface area contributed by atoms with Crippen molar-refractivity contribution in [2.75, 3.05) is 18.0 Å². The summed E-state index contributed by atoms with van der Waals surface area (Å²) in [7, 11) is 0. The largest absolute Gasteiger partial charge is 0.349 e. The molecule has 0 atom stereocenters. The van der Waals surface area contributed by atoms with E-state index in [0.29, 0.717) is 12.4 Å². The van der Waals surface area contributed by atoms with Gasteiger partial charge in [0.1, 0.15) is 5.82 Å². The zero-order valence-corrected chi connectivity index (χ0v) is 8.48. The summed E-state index contributed by atoms with van der Waals surface area (Å²) in [6.45, 7) is 0.0976. The van der Waals surface area contributed by atoms with Crippen LogP contribution in [0.3, 0.4) is 0 Å². The summed E-state index contributed by atoms with van der Waals surface area (Å²) in [5.41, 5.74) is 0.717. The molecule has 1 saturated heterocycles. The number of fused-ring (bicyclic) bond motifs is 1. The van der Waals surface area contributed by atoms with Crippen molar-refractivity contribution in [1.29, 1.82) is 0 Å². The van der Waals surface area contributed by atoms with Crippen molar-refractivity contribution >= 4 is 11.5 Å². The number of rotatable bonds is 1. The standard InChI is InChI=1S/C10H10F2N4/c11-10(12)1-3-16(7-10)9-6-15-4-2-13-8(15)5-14-9/h2,4-6H,1,3,7H2. The van der Waals surface area contributed by atoms with E-state index in [9.17, 15) is 8.78 Å². The second-order valence-corrected chi connectivity index (χ2v) is 3.97. The molecule has 0 aliphatic carbocycles. The fourth-order valence-corrected chi connectivity index (χ4v) is 1.91. The number of anilines is 1. The van der Waals surface area contributed by atoms with Gasteiger partial charge in [-0.1, -0.05) is 0 Å². The van der Waals surface area contributed by atoms with Gasteiger partial charge in [0.2, 0.25) is 0 Å². The number of nitrogens with zero attached hydrogens (tertiary/aromatic N) is 4. The summed E-state index contributed by atoms with van der Waals surface area (Å²) in [4.78, 5) is 9.78. The SMILES string of the molecule is FC1(F)CCN(c2cn3ccnc3cn2)C1. The molecule has 2 aromatic rings. The van der Waals surface area contributed by atoms with E-state index in [-0.39, 0.29) is 13.0 Å². The van der Waals surface area contributed by atoms with E-state index in [1.54, 1.807) is 34.1 Å². The molecule has 4 nitrogen and oxygen atoms in total. The van der Waals surface area contributed by atoms with Gasteiger partial charge in [-0.3, -0.25) is 0 Å². The minimum Gasteiger partial charge on any atom is -0.349 e. The summed E-state index contributed by atoms with van der Waals surface area (Å²) in [5.74, 6) is -2.02. The van der Waals surface area contributed by atoms with E-state index in [1.807, 2.05) is 0 Å². The first-order chi connectivity index (χ1) is 7.64. The molecule has 2 aromatic heterocycles. The predicted octanol–water partition coefficient (Wildman–Crippen LogP) is 1.57. The Morgan fingerprint density at radius 1 is 1.31 bits per heavy atom. The average Bonchev–Trinajstić information content (AvgIpc) is 2.82. The summed E-state index contributed by atoms with van der Waals surface area (Å²) in [6.07, 6.45) is 6.64. The van der Waals surface area contributed by atoms with Crippen molar-refractivity contribution < 1.29 is 8.78 Å². The highest BCUT2D eigenvalue weighted by Gasteiger charge is 2.38. The van der Waals surface area contributed by atoms with Crippen molar-refractivity contribution in [2.45, 2.75) is 12.3 Å². The molecule has 0 amide bonds. The normalized spacial score (nSPS) is 19.5. The lowest BCUT2D eigenvalue weighted by Gasteiger charge is -2.16. The molecule has 0 aromatic carbocycles. The van der Waals surface area contributed by atoms with Crippen molar-refractivity contribution in [3.63, 3.8) is 0 Å². The zero-order chi connectivity index (χ0) is 11.2. The molecule has 3 rings (SSSR count). The number of alkyl halides is 2. The van der Waals surface area contributed by atoms with Crippen LogP contribution >= 0.6 is 0 Å². The predicted molar refractivity (Wildman–Crippen MR) is 54.8 cm³/mol. The van der Waals surface area contributed by atoms with Gasteiger partial charge < -0.3 is 9.30 Å². The van der Waals surface area contributed by atoms with Crippen LogP contribution in [0.1, 0.15) is 6.42 Å². The van der Waals surface area contributed by atoms with Gasteiger partial charge in [-0.25, -0.2) is 18.7 Å². The van der Waals surface area contributed by atoms with Gasteiger partial charge in [0.25, 0.3) is 5.92 Å². The molecule has 16 heavy (non-hydrogen) atoms. The maximum absolute atomic E-state index is 13.0. The third-order valence-electron chi connectivity index (χ3n) is 2.76. The summed E-state index contributed by atoms with van der Waals surface area (Å²) in [5, 5.41) is 0. The van der Waals surface area contributed by atoms with Crippen LogP contribution in [0, 0.1) is 0 Å². The van der Waals surface area contributed by atoms with Gasteiger partial charge in [-0.15, -0.1) is 0 Å². The highest BCUT2D eigenvalue weighted by molar-refractivity contribution is 5.45. The van der Waals surface area contributed by atoms with Crippen LogP contribution in [0.5, 0.6) is 0 Å². The molecule has 6 heteroatoms. The molecule has 0 N–H and O–H groups in total. The quantitative estimate of drug-likeness (QED) is 0.737. The van der Waals surface area contributed by atoms with Gasteiger partial charge in [0.15, 0.2) is 5.65 Å². The molecular weight excluding hydrogens is 214 g/mol. The highest BCUT2D eigenvalue weighted by Crippen LogP contribution is 2.29. The van der Waals surface area contributed by atoms with Crippen LogP contribution < -0.4 is 4.90 Å². The minimum absolute atomic E-state index is 0.101. The lowest BCUT2D eigenvalue weighted by atomic mass is 10.3. The molecule has 0 bridgehead atoms. The van der Waals surface area contributed by atoms with Crippen molar-refractivity contribution in [3.8, 4) is 0 Å². The Hall–Kier alpha value is -1.72. The minimum atomic E-state index is -2.59. The van der Waals surface area contributed by atoms with E-state index in [4.69, 9.17) is 0 Å². The number of aromatic nitrogens is 3. The second-order valence-electron chi connectivity index (χ2n) is 3.97. The van der Waals surface area contributed by atoms with Crippen LogP contribution in [-0.4, -0.2) is 33.4 Å². The second kappa shape index (κ2) is 3.13. The first-order valence-electron chi connectivity index (χ1n) is 5.06. The topological polar surface area (TPSA) is 33.4 Å². The Morgan fingerprint density at radius 3 is 2.94 bits per heavy atom. The number of hydrogen-bond donors (Lipinski definition) is 0. The third-order valence-corrected chi connectivity index (χ3v) is 2.76. The van der Waals surface area contributed by atoms with Gasteiger partial charge in [0, 0.05) is 25.4 Å². The number of hydrogen-bond acceptors (Lipinski definition) is 3. The van der Waals surface area contributed by atoms with Gasteiger partial charge in [0.05, 0.1) is 18.9 Å². The first-order valence-corrected chi connectivity index (χ1v) is 5.06. The number of halogens is 2. The Balaban J connectivity index is 1.94. The molecule has 0 saturated carbocycles. The average molecular weight is 224 g/mol. The smallest absolute Gasteiger partial charge is 0.266 e.